The molecule has 0 saturated heterocycles. The standard InChI is InChI=1S/C9H20O2/c1-6(2)8(10)5-9(11)7(3)4/h6-11H,5H2,1-4H3/t8-,9-/m0/s1. The Kier molecular flexibility index (Phi) is 4.69. The van der Waals surface area contributed by atoms with E-state index in [-0.39, 0.29) is 24.0 Å². The number of rotatable bonds is 4. The summed E-state index contributed by atoms with van der Waals surface area (Å²) >= 11 is 0. The molecular weight excluding hydrogens is 140 g/mol. The monoisotopic (exact) mass is 160 g/mol. The van der Waals surface area contributed by atoms with Crippen LogP contribution in [0.5, 0.6) is 0 Å². The fourth-order valence-electron chi connectivity index (χ4n) is 0.792. The minimum atomic E-state index is -0.368. The van der Waals surface area contributed by atoms with Gasteiger partial charge in [-0.15, -0.1) is 0 Å². The van der Waals surface area contributed by atoms with Gasteiger partial charge in [0.1, 0.15) is 0 Å². The van der Waals surface area contributed by atoms with E-state index in [0.29, 0.717) is 6.42 Å². The lowest BCUT2D eigenvalue weighted by molar-refractivity contribution is 0.0326. The first-order chi connectivity index (χ1) is 4.95. The molecule has 0 aromatic carbocycles. The summed E-state index contributed by atoms with van der Waals surface area (Å²) in [5.41, 5.74) is 0. The lowest BCUT2D eigenvalue weighted by Crippen LogP contribution is -2.25. The van der Waals surface area contributed by atoms with Gasteiger partial charge in [-0.3, -0.25) is 0 Å². The van der Waals surface area contributed by atoms with Gasteiger partial charge < -0.3 is 10.2 Å². The molecule has 2 heteroatoms. The van der Waals surface area contributed by atoms with Crippen LogP contribution in [0.4, 0.5) is 0 Å². The maximum Gasteiger partial charge on any atom is 0.0587 e. The fourth-order valence-corrected chi connectivity index (χ4v) is 0.792. The summed E-state index contributed by atoms with van der Waals surface area (Å²) in [6.45, 7) is 7.82. The van der Waals surface area contributed by atoms with Crippen molar-refractivity contribution in [2.45, 2.75) is 46.3 Å². The molecule has 68 valence electrons. The zero-order valence-electron chi connectivity index (χ0n) is 7.91. The minimum Gasteiger partial charge on any atom is -0.393 e. The van der Waals surface area contributed by atoms with Crippen molar-refractivity contribution in [1.82, 2.24) is 0 Å². The van der Waals surface area contributed by atoms with Gasteiger partial charge in [-0.05, 0) is 18.3 Å². The number of aliphatic hydroxyl groups excluding tert-OH is 2. The van der Waals surface area contributed by atoms with Crippen molar-refractivity contribution in [2.75, 3.05) is 0 Å². The summed E-state index contributed by atoms with van der Waals surface area (Å²) in [4.78, 5) is 0. The van der Waals surface area contributed by atoms with E-state index < -0.39 is 0 Å². The number of hydrogen-bond donors (Lipinski definition) is 2. The smallest absolute Gasteiger partial charge is 0.0587 e. The van der Waals surface area contributed by atoms with E-state index in [1.54, 1.807) is 0 Å². The Morgan fingerprint density at radius 2 is 1.09 bits per heavy atom. The molecule has 0 unspecified atom stereocenters. The Bertz CT molecular complexity index is 87.7. The van der Waals surface area contributed by atoms with Gasteiger partial charge in [-0.1, -0.05) is 27.7 Å². The lowest BCUT2D eigenvalue weighted by atomic mass is 9.95. The predicted octanol–water partition coefficient (Wildman–Crippen LogP) is 1.41. The van der Waals surface area contributed by atoms with Crippen LogP contribution >= 0.6 is 0 Å². The third-order valence-corrected chi connectivity index (χ3v) is 2.02. The Hall–Kier alpha value is -0.0800. The summed E-state index contributed by atoms with van der Waals surface area (Å²) < 4.78 is 0. The van der Waals surface area contributed by atoms with E-state index in [9.17, 15) is 10.2 Å². The molecular formula is C9H20O2. The van der Waals surface area contributed by atoms with E-state index in [1.165, 1.54) is 0 Å². The highest BCUT2D eigenvalue weighted by atomic mass is 16.3. The molecule has 2 atom stereocenters. The van der Waals surface area contributed by atoms with E-state index in [0.717, 1.165) is 0 Å². The van der Waals surface area contributed by atoms with Crippen molar-refractivity contribution < 1.29 is 10.2 Å². The van der Waals surface area contributed by atoms with E-state index in [4.69, 9.17) is 0 Å². The van der Waals surface area contributed by atoms with Gasteiger partial charge in [0.15, 0.2) is 0 Å². The highest BCUT2D eigenvalue weighted by Crippen LogP contribution is 2.13. The quantitative estimate of drug-likeness (QED) is 0.653. The highest BCUT2D eigenvalue weighted by molar-refractivity contribution is 4.68. The molecule has 0 aliphatic carbocycles. The Morgan fingerprint density at radius 1 is 0.818 bits per heavy atom. The topological polar surface area (TPSA) is 40.5 Å². The molecule has 0 aliphatic rings. The minimum absolute atomic E-state index is 0.239. The lowest BCUT2D eigenvalue weighted by Gasteiger charge is -2.20. The third kappa shape index (κ3) is 4.38. The predicted molar refractivity (Wildman–Crippen MR) is 46.3 cm³/mol. The average Bonchev–Trinajstić information content (AvgIpc) is 1.87. The van der Waals surface area contributed by atoms with Crippen LogP contribution in [0.1, 0.15) is 34.1 Å². The van der Waals surface area contributed by atoms with Crippen molar-refractivity contribution in [3.05, 3.63) is 0 Å². The average molecular weight is 160 g/mol. The molecule has 0 bridgehead atoms. The zero-order valence-corrected chi connectivity index (χ0v) is 7.91. The van der Waals surface area contributed by atoms with Gasteiger partial charge in [0.05, 0.1) is 12.2 Å². The summed E-state index contributed by atoms with van der Waals surface area (Å²) in [5, 5.41) is 18.8. The van der Waals surface area contributed by atoms with Crippen molar-refractivity contribution in [2.24, 2.45) is 11.8 Å². The SMILES string of the molecule is CC(C)[C@@H](O)C[C@H](O)C(C)C. The highest BCUT2D eigenvalue weighted by Gasteiger charge is 2.16. The largest absolute Gasteiger partial charge is 0.393 e. The van der Waals surface area contributed by atoms with E-state index in [2.05, 4.69) is 0 Å². The first kappa shape index (κ1) is 10.9. The van der Waals surface area contributed by atoms with Gasteiger partial charge >= 0.3 is 0 Å². The van der Waals surface area contributed by atoms with Crippen LogP contribution in [0.25, 0.3) is 0 Å². The molecule has 0 spiro atoms. The Morgan fingerprint density at radius 3 is 1.27 bits per heavy atom. The molecule has 0 radical (unpaired) electrons. The molecule has 0 heterocycles. The van der Waals surface area contributed by atoms with Gasteiger partial charge in [-0.25, -0.2) is 0 Å². The summed E-state index contributed by atoms with van der Waals surface area (Å²) in [6.07, 6.45) is -0.241. The van der Waals surface area contributed by atoms with Crippen LogP contribution in [0.3, 0.4) is 0 Å². The third-order valence-electron chi connectivity index (χ3n) is 2.02. The normalized spacial score (nSPS) is 17.5. The summed E-state index contributed by atoms with van der Waals surface area (Å²) in [5.74, 6) is 0.479. The van der Waals surface area contributed by atoms with Crippen molar-refractivity contribution >= 4 is 0 Å². The molecule has 2 nitrogen and oxygen atoms in total. The summed E-state index contributed by atoms with van der Waals surface area (Å²) in [6, 6.07) is 0. The molecule has 0 fully saturated rings. The first-order valence-electron chi connectivity index (χ1n) is 4.31. The first-order valence-corrected chi connectivity index (χ1v) is 4.31. The van der Waals surface area contributed by atoms with Crippen LogP contribution in [0, 0.1) is 11.8 Å². The number of hydrogen-bond acceptors (Lipinski definition) is 2. The molecule has 0 saturated carbocycles. The van der Waals surface area contributed by atoms with Gasteiger partial charge in [0.2, 0.25) is 0 Å². The second kappa shape index (κ2) is 4.73. The van der Waals surface area contributed by atoms with Crippen LogP contribution in [0.2, 0.25) is 0 Å². The fraction of sp³-hybridized carbons (Fsp3) is 1.00. The van der Waals surface area contributed by atoms with Crippen molar-refractivity contribution in [1.29, 1.82) is 0 Å². The van der Waals surface area contributed by atoms with Crippen LogP contribution in [-0.4, -0.2) is 22.4 Å². The van der Waals surface area contributed by atoms with Crippen LogP contribution in [-0.2, 0) is 0 Å². The van der Waals surface area contributed by atoms with E-state index in [1.807, 2.05) is 27.7 Å². The van der Waals surface area contributed by atoms with Gasteiger partial charge in [0, 0.05) is 0 Å². The molecule has 2 N–H and O–H groups in total. The maximum atomic E-state index is 9.39. The van der Waals surface area contributed by atoms with Gasteiger partial charge in [0.25, 0.3) is 0 Å². The molecule has 11 heavy (non-hydrogen) atoms. The van der Waals surface area contributed by atoms with Crippen molar-refractivity contribution in [3.8, 4) is 0 Å². The second-order valence-electron chi connectivity index (χ2n) is 3.86. The Balaban J connectivity index is 3.66. The number of aliphatic hydroxyl groups is 2. The molecule has 0 amide bonds. The van der Waals surface area contributed by atoms with Crippen LogP contribution < -0.4 is 0 Å². The summed E-state index contributed by atoms with van der Waals surface area (Å²) in [7, 11) is 0. The second-order valence-corrected chi connectivity index (χ2v) is 3.86. The molecule has 0 aromatic heterocycles. The molecule has 0 rings (SSSR count). The van der Waals surface area contributed by atoms with E-state index >= 15 is 0 Å². The molecule has 0 aromatic rings. The van der Waals surface area contributed by atoms with Gasteiger partial charge in [-0.2, -0.15) is 0 Å². The zero-order chi connectivity index (χ0) is 9.02. The Labute approximate surface area is 69.2 Å². The van der Waals surface area contributed by atoms with Crippen molar-refractivity contribution in [3.63, 3.8) is 0 Å². The molecule has 0 aliphatic heterocycles. The maximum absolute atomic E-state index is 9.39. The van der Waals surface area contributed by atoms with Crippen LogP contribution in [0.15, 0.2) is 0 Å².